The molecule has 0 spiro atoms. The van der Waals surface area contributed by atoms with Gasteiger partial charge in [-0.1, -0.05) is 18.2 Å². The summed E-state index contributed by atoms with van der Waals surface area (Å²) in [5.74, 6) is 0.277. The van der Waals surface area contributed by atoms with E-state index in [0.29, 0.717) is 32.8 Å². The Labute approximate surface area is 162 Å². The van der Waals surface area contributed by atoms with Crippen molar-refractivity contribution in [3.63, 3.8) is 0 Å². The quantitative estimate of drug-likeness (QED) is 0.736. The smallest absolute Gasteiger partial charge is 0.219 e. The lowest BCUT2D eigenvalue weighted by molar-refractivity contribution is -0.129. The normalized spacial score (nSPS) is 15.4. The number of carbonyl (C=O) groups excluding carboxylic acids is 1. The Morgan fingerprint density at radius 1 is 1.33 bits per heavy atom. The van der Waals surface area contributed by atoms with E-state index < -0.39 is 17.2 Å². The molecule has 5 nitrogen and oxygen atoms in total. The lowest BCUT2D eigenvalue weighted by Gasteiger charge is -2.22. The standard InChI is InChI=1S/C20H23FN2O3S/c1-3-22(15(2)24)13-16-8-9-19-17(12-16)14-23(10-11-26-19)27(25)20-7-5-4-6-18(20)21/h4-9,12H,3,10-11,13-14H2,1-2H3. The molecule has 1 amide bonds. The number of ether oxygens (including phenoxy) is 1. The number of hydrogen-bond donors (Lipinski definition) is 0. The predicted molar refractivity (Wildman–Crippen MR) is 102 cm³/mol. The van der Waals surface area contributed by atoms with Crippen molar-refractivity contribution in [3.8, 4) is 5.75 Å². The minimum Gasteiger partial charge on any atom is -0.593 e. The van der Waals surface area contributed by atoms with Gasteiger partial charge >= 0.3 is 0 Å². The van der Waals surface area contributed by atoms with Gasteiger partial charge in [0.25, 0.3) is 0 Å². The lowest BCUT2D eigenvalue weighted by atomic mass is 10.1. The average molecular weight is 390 g/mol. The zero-order valence-corrected chi connectivity index (χ0v) is 16.3. The lowest BCUT2D eigenvalue weighted by Crippen LogP contribution is -2.33. The maximum atomic E-state index is 14.0. The number of rotatable bonds is 5. The molecule has 1 aliphatic rings. The van der Waals surface area contributed by atoms with Crippen LogP contribution in [0, 0.1) is 5.82 Å². The van der Waals surface area contributed by atoms with Gasteiger partial charge in [0.15, 0.2) is 5.82 Å². The molecule has 2 aromatic rings. The molecule has 27 heavy (non-hydrogen) atoms. The molecule has 0 fully saturated rings. The molecule has 0 saturated carbocycles. The van der Waals surface area contributed by atoms with Crippen LogP contribution in [0.2, 0.25) is 0 Å². The number of halogens is 1. The van der Waals surface area contributed by atoms with Gasteiger partial charge in [-0.05, 0) is 36.8 Å². The van der Waals surface area contributed by atoms with Gasteiger partial charge in [-0.2, -0.15) is 0 Å². The molecule has 0 bridgehead atoms. The Kier molecular flexibility index (Phi) is 6.36. The predicted octanol–water partition coefficient (Wildman–Crippen LogP) is 3.11. The SMILES string of the molecule is CCN(Cc1ccc2c(c1)CN([S+]([O-])c1ccccc1F)CCO2)C(C)=O. The van der Waals surface area contributed by atoms with E-state index in [0.717, 1.165) is 16.9 Å². The Hall–Kier alpha value is -2.09. The van der Waals surface area contributed by atoms with Gasteiger partial charge in [0.2, 0.25) is 10.8 Å². The Bertz CT molecular complexity index is 818. The van der Waals surface area contributed by atoms with Crippen LogP contribution in [0.1, 0.15) is 25.0 Å². The van der Waals surface area contributed by atoms with Crippen LogP contribution in [0.4, 0.5) is 4.39 Å². The van der Waals surface area contributed by atoms with Crippen molar-refractivity contribution < 1.29 is 18.5 Å². The fourth-order valence-electron chi connectivity index (χ4n) is 3.06. The topological polar surface area (TPSA) is 55.8 Å². The second kappa shape index (κ2) is 8.73. The molecule has 0 saturated heterocycles. The molecule has 1 aliphatic heterocycles. The second-order valence-corrected chi connectivity index (χ2v) is 7.82. The molecular weight excluding hydrogens is 367 g/mol. The zero-order valence-electron chi connectivity index (χ0n) is 15.5. The van der Waals surface area contributed by atoms with Crippen molar-refractivity contribution in [2.75, 3.05) is 19.7 Å². The number of carbonyl (C=O) groups is 1. The summed E-state index contributed by atoms with van der Waals surface area (Å²) in [6.07, 6.45) is 0. The third-order valence-electron chi connectivity index (χ3n) is 4.53. The highest BCUT2D eigenvalue weighted by atomic mass is 32.2. The first kappa shape index (κ1) is 19.7. The maximum absolute atomic E-state index is 14.0. The first-order valence-corrected chi connectivity index (χ1v) is 10.0. The third kappa shape index (κ3) is 4.61. The van der Waals surface area contributed by atoms with E-state index in [2.05, 4.69) is 0 Å². The average Bonchev–Trinajstić information content (AvgIpc) is 2.87. The van der Waals surface area contributed by atoms with E-state index >= 15 is 0 Å². The monoisotopic (exact) mass is 390 g/mol. The second-order valence-electron chi connectivity index (χ2n) is 6.37. The number of nitrogens with zero attached hydrogens (tertiary/aromatic N) is 2. The van der Waals surface area contributed by atoms with Crippen molar-refractivity contribution in [3.05, 3.63) is 59.4 Å². The molecule has 1 atom stereocenters. The van der Waals surface area contributed by atoms with Gasteiger partial charge in [-0.15, -0.1) is 4.31 Å². The Morgan fingerprint density at radius 3 is 2.81 bits per heavy atom. The Balaban J connectivity index is 1.82. The molecule has 7 heteroatoms. The zero-order chi connectivity index (χ0) is 19.4. The van der Waals surface area contributed by atoms with Gasteiger partial charge in [0.1, 0.15) is 12.4 Å². The number of amides is 1. The first-order chi connectivity index (χ1) is 13.0. The molecule has 0 radical (unpaired) electrons. The molecule has 144 valence electrons. The highest BCUT2D eigenvalue weighted by molar-refractivity contribution is 7.89. The molecule has 1 heterocycles. The minimum absolute atomic E-state index is 0.0194. The van der Waals surface area contributed by atoms with Crippen LogP contribution in [-0.2, 0) is 29.2 Å². The van der Waals surface area contributed by atoms with E-state index in [-0.39, 0.29) is 10.8 Å². The largest absolute Gasteiger partial charge is 0.593 e. The van der Waals surface area contributed by atoms with E-state index in [1.165, 1.54) is 6.07 Å². The summed E-state index contributed by atoms with van der Waals surface area (Å²) in [7, 11) is 0. The highest BCUT2D eigenvalue weighted by Crippen LogP contribution is 2.28. The van der Waals surface area contributed by atoms with Crippen molar-refractivity contribution in [2.45, 2.75) is 31.8 Å². The van der Waals surface area contributed by atoms with Gasteiger partial charge < -0.3 is 14.2 Å². The molecule has 0 N–H and O–H groups in total. The van der Waals surface area contributed by atoms with Gasteiger partial charge in [0, 0.05) is 25.6 Å². The fraction of sp³-hybridized carbons (Fsp3) is 0.350. The number of fused-ring (bicyclic) bond motifs is 1. The van der Waals surface area contributed by atoms with E-state index in [4.69, 9.17) is 4.74 Å². The van der Waals surface area contributed by atoms with Gasteiger partial charge in [-0.3, -0.25) is 4.79 Å². The van der Waals surface area contributed by atoms with E-state index in [1.807, 2.05) is 25.1 Å². The van der Waals surface area contributed by atoms with E-state index in [1.54, 1.807) is 34.3 Å². The maximum Gasteiger partial charge on any atom is 0.219 e. The minimum atomic E-state index is -1.61. The number of hydrogen-bond acceptors (Lipinski definition) is 4. The highest BCUT2D eigenvalue weighted by Gasteiger charge is 2.29. The summed E-state index contributed by atoms with van der Waals surface area (Å²) < 4.78 is 34.4. The molecule has 3 rings (SSSR count). The van der Waals surface area contributed by atoms with Gasteiger partial charge in [0.05, 0.1) is 24.5 Å². The fourth-order valence-corrected chi connectivity index (χ4v) is 4.26. The molecular formula is C20H23FN2O3S. The summed E-state index contributed by atoms with van der Waals surface area (Å²) in [4.78, 5) is 13.6. The summed E-state index contributed by atoms with van der Waals surface area (Å²) in [5, 5.41) is 0. The molecule has 0 aromatic heterocycles. The van der Waals surface area contributed by atoms with Crippen molar-refractivity contribution in [2.24, 2.45) is 0 Å². The van der Waals surface area contributed by atoms with Crippen LogP contribution in [-0.4, -0.2) is 39.4 Å². The summed E-state index contributed by atoms with van der Waals surface area (Å²) in [5.41, 5.74) is 1.86. The molecule has 2 aromatic carbocycles. The van der Waals surface area contributed by atoms with Crippen molar-refractivity contribution in [1.29, 1.82) is 0 Å². The summed E-state index contributed by atoms with van der Waals surface area (Å²) in [6, 6.07) is 11.9. The van der Waals surface area contributed by atoms with Gasteiger partial charge in [-0.25, -0.2) is 4.39 Å². The molecule has 0 aliphatic carbocycles. The number of benzene rings is 2. The first-order valence-electron chi connectivity index (χ1n) is 8.91. The van der Waals surface area contributed by atoms with Crippen LogP contribution in [0.3, 0.4) is 0 Å². The van der Waals surface area contributed by atoms with Crippen LogP contribution in [0.25, 0.3) is 0 Å². The van der Waals surface area contributed by atoms with Crippen LogP contribution < -0.4 is 4.74 Å². The molecule has 1 unspecified atom stereocenters. The van der Waals surface area contributed by atoms with Crippen molar-refractivity contribution in [1.82, 2.24) is 9.21 Å². The van der Waals surface area contributed by atoms with E-state index in [9.17, 15) is 13.7 Å². The summed E-state index contributed by atoms with van der Waals surface area (Å²) in [6.45, 7) is 5.82. The Morgan fingerprint density at radius 2 is 2.11 bits per heavy atom. The van der Waals surface area contributed by atoms with Crippen LogP contribution >= 0.6 is 0 Å². The summed E-state index contributed by atoms with van der Waals surface area (Å²) >= 11 is -1.61. The van der Waals surface area contributed by atoms with Crippen LogP contribution in [0.15, 0.2) is 47.4 Å². The van der Waals surface area contributed by atoms with Crippen LogP contribution in [0.5, 0.6) is 5.75 Å². The van der Waals surface area contributed by atoms with Crippen molar-refractivity contribution >= 4 is 17.3 Å². The third-order valence-corrected chi connectivity index (χ3v) is 6.02.